The number of benzene rings is 6. The molecule has 0 aromatic heterocycles. The maximum atomic E-state index is 14.2. The zero-order chi connectivity index (χ0) is 32.4. The summed E-state index contributed by atoms with van der Waals surface area (Å²) in [7, 11) is 0.500. The van der Waals surface area contributed by atoms with E-state index in [1.54, 1.807) is 0 Å². The fourth-order valence-corrected chi connectivity index (χ4v) is 6.91. The van der Waals surface area contributed by atoms with Gasteiger partial charge in [-0.2, -0.15) is 0 Å². The first kappa shape index (κ1) is 35.9. The van der Waals surface area contributed by atoms with Crippen LogP contribution in [0.5, 0.6) is 0 Å². The molecule has 0 fully saturated rings. The Kier molecular flexibility index (Phi) is 13.2. The quantitative estimate of drug-likeness (QED) is 0.103. The van der Waals surface area contributed by atoms with Crippen molar-refractivity contribution in [1.82, 2.24) is 0 Å². The number of nitrogens with one attached hydrogen (secondary N) is 1. The van der Waals surface area contributed by atoms with E-state index in [1.807, 2.05) is 157 Å². The van der Waals surface area contributed by atoms with Crippen molar-refractivity contribution >= 4 is 19.7 Å². The predicted molar refractivity (Wildman–Crippen MR) is 194 cm³/mol. The molecule has 0 saturated carbocycles. The number of sulfonamides is 1. The molecule has 0 bridgehead atoms. The summed E-state index contributed by atoms with van der Waals surface area (Å²) >= 11 is 1.82. The van der Waals surface area contributed by atoms with Crippen molar-refractivity contribution in [3.63, 3.8) is 0 Å². The molecule has 4 nitrogen and oxygen atoms in total. The average Bonchev–Trinajstić information content (AvgIpc) is 3.13. The summed E-state index contributed by atoms with van der Waals surface area (Å²) in [5, 5.41) is 0. The summed E-state index contributed by atoms with van der Waals surface area (Å²) in [6.07, 6.45) is 0. The molecule has 0 spiro atoms. The van der Waals surface area contributed by atoms with Gasteiger partial charge in [-0.3, -0.25) is 0 Å². The molecular weight excluding hydrogens is 709 g/mol. The van der Waals surface area contributed by atoms with E-state index in [2.05, 4.69) is 38.7 Å². The Labute approximate surface area is 293 Å². The minimum atomic E-state index is -4.07. The Balaban J connectivity index is 0.00000164. The van der Waals surface area contributed by atoms with Gasteiger partial charge in [-0.05, 0) is 51.1 Å². The summed E-state index contributed by atoms with van der Waals surface area (Å²) in [5.74, 6) is -0.304. The molecule has 0 saturated heterocycles. The van der Waals surface area contributed by atoms with Gasteiger partial charge in [0.05, 0.1) is 15.8 Å². The van der Waals surface area contributed by atoms with Crippen LogP contribution in [0.2, 0.25) is 0 Å². The van der Waals surface area contributed by atoms with Crippen LogP contribution in [-0.4, -0.2) is 8.42 Å². The summed E-state index contributed by atoms with van der Waals surface area (Å²) in [6.45, 7) is 0. The summed E-state index contributed by atoms with van der Waals surface area (Å²) in [4.78, 5) is 0. The van der Waals surface area contributed by atoms with Crippen molar-refractivity contribution in [3.8, 4) is 33.4 Å². The van der Waals surface area contributed by atoms with Crippen LogP contribution >= 0.6 is 9.69 Å². The molecule has 47 heavy (non-hydrogen) atoms. The van der Waals surface area contributed by atoms with Crippen molar-refractivity contribution in [2.75, 3.05) is 0 Å². The molecule has 2 atom stereocenters. The van der Waals surface area contributed by atoms with Crippen molar-refractivity contribution < 1.29 is 25.7 Å². The molecule has 6 rings (SSSR count). The van der Waals surface area contributed by atoms with Gasteiger partial charge >= 0.3 is 27.0 Å². The van der Waals surface area contributed by atoms with E-state index in [4.69, 9.17) is 5.73 Å². The van der Waals surface area contributed by atoms with Crippen molar-refractivity contribution in [1.29, 1.82) is 0 Å². The summed E-state index contributed by atoms with van der Waals surface area (Å²) in [5.41, 5.74) is 16.7. The summed E-state index contributed by atoms with van der Waals surface area (Å²) < 4.78 is 32.9. The third kappa shape index (κ3) is 9.13. The second-order valence-corrected chi connectivity index (χ2v) is 12.4. The molecule has 0 amide bonds. The SMILES string of the molecule is [CH3-].[Cl][Ru+3].[NH-]C(c1ccccc1)C([N-]S(=O)(=O)Cc1c(-c2ccccc2)cc(-c2ccccc2)cc1-c1ccccc1)c1ccccc1. The van der Waals surface area contributed by atoms with Gasteiger partial charge in [0.25, 0.3) is 0 Å². The van der Waals surface area contributed by atoms with Crippen LogP contribution in [0.1, 0.15) is 28.8 Å². The van der Waals surface area contributed by atoms with E-state index in [0.717, 1.165) is 33.4 Å². The van der Waals surface area contributed by atoms with Gasteiger partial charge in [0.1, 0.15) is 0 Å². The number of halogens is 1. The molecule has 0 aliphatic carbocycles. The zero-order valence-electron chi connectivity index (χ0n) is 25.9. The average molecular weight is 744 g/mol. The van der Waals surface area contributed by atoms with Crippen LogP contribution in [0, 0.1) is 7.43 Å². The van der Waals surface area contributed by atoms with Crippen molar-refractivity contribution in [3.05, 3.63) is 198 Å². The maximum absolute atomic E-state index is 14.2. The fraction of sp³-hybridized carbons (Fsp3) is 0.0750. The minimum absolute atomic E-state index is 0. The number of rotatable bonds is 10. The van der Waals surface area contributed by atoms with Gasteiger partial charge in [-0.25, -0.2) is 8.42 Å². The molecule has 7 heteroatoms. The van der Waals surface area contributed by atoms with E-state index in [9.17, 15) is 8.42 Å². The maximum Gasteiger partial charge on any atom is 0.0768 e. The molecule has 0 heterocycles. The van der Waals surface area contributed by atoms with Crippen LogP contribution in [0.3, 0.4) is 0 Å². The predicted octanol–water partition coefficient (Wildman–Crippen LogP) is 11.6. The van der Waals surface area contributed by atoms with Crippen molar-refractivity contribution in [2.45, 2.75) is 17.8 Å². The Morgan fingerprint density at radius 3 is 1.34 bits per heavy atom. The number of hydrogen-bond acceptors (Lipinski definition) is 2. The first-order chi connectivity index (χ1) is 22.5. The van der Waals surface area contributed by atoms with Gasteiger partial charge in [0.2, 0.25) is 0 Å². The molecule has 0 radical (unpaired) electrons. The van der Waals surface area contributed by atoms with Gasteiger partial charge in [0.15, 0.2) is 0 Å². The Morgan fingerprint density at radius 1 is 0.553 bits per heavy atom. The van der Waals surface area contributed by atoms with Crippen LogP contribution in [0.25, 0.3) is 43.8 Å². The van der Waals surface area contributed by atoms with Crippen LogP contribution in [0.15, 0.2) is 164 Å². The van der Waals surface area contributed by atoms with Crippen LogP contribution < -0.4 is 0 Å². The van der Waals surface area contributed by atoms with E-state index in [1.165, 1.54) is 0 Å². The third-order valence-corrected chi connectivity index (χ3v) is 8.94. The number of nitrogens with zero attached hydrogens (tertiary/aromatic N) is 1. The first-order valence-corrected chi connectivity index (χ1v) is 18.6. The molecule has 1 N–H and O–H groups in total. The molecule has 0 aliphatic heterocycles. The Bertz CT molecular complexity index is 1870. The smallest absolute Gasteiger partial charge is 0.0768 e. The Hall–Kier alpha value is -3.90. The van der Waals surface area contributed by atoms with Crippen LogP contribution in [0.4, 0.5) is 0 Å². The molecule has 238 valence electrons. The van der Waals surface area contributed by atoms with E-state index in [0.29, 0.717) is 16.7 Å². The first-order valence-electron chi connectivity index (χ1n) is 14.7. The molecule has 0 aliphatic rings. The normalized spacial score (nSPS) is 12.1. The van der Waals surface area contributed by atoms with Gasteiger partial charge in [0, 0.05) is 0 Å². The fourth-order valence-electron chi connectivity index (χ4n) is 5.58. The minimum Gasteiger partial charge on any atom is -0.672 e. The molecule has 2 unspecified atom stereocenters. The standard InChI is InChI=1S/C39H32N2O2S.CH3.ClH.Ru/c40-38(32-22-12-4-13-23-32)39(33-24-14-5-15-25-33)41-44(42,43)28-37-35(30-18-8-2-9-19-30)26-34(29-16-6-1-7-17-29)27-36(37)31-20-10-3-11-21-31;;;/h1-27,38-40H,28H2;1H3;1H;/q-2;-1;;+4/p-1. The van der Waals surface area contributed by atoms with Gasteiger partial charge in [-0.15, -0.1) is 12.1 Å². The van der Waals surface area contributed by atoms with E-state index in [-0.39, 0.29) is 13.2 Å². The Morgan fingerprint density at radius 2 is 0.915 bits per heavy atom. The van der Waals surface area contributed by atoms with E-state index >= 15 is 0 Å². The third-order valence-electron chi connectivity index (χ3n) is 7.74. The van der Waals surface area contributed by atoms with Crippen LogP contribution in [-0.2, 0) is 33.1 Å². The van der Waals surface area contributed by atoms with E-state index < -0.39 is 22.1 Å². The monoisotopic (exact) mass is 744 g/mol. The van der Waals surface area contributed by atoms with Gasteiger partial charge < -0.3 is 17.9 Å². The molecule has 6 aromatic rings. The summed E-state index contributed by atoms with van der Waals surface area (Å²) in [6, 6.07) is 50.9. The molecule has 6 aromatic carbocycles. The number of hydrogen-bond donors (Lipinski definition) is 0. The van der Waals surface area contributed by atoms with Gasteiger partial charge in [-0.1, -0.05) is 163 Å². The van der Waals surface area contributed by atoms with Crippen molar-refractivity contribution in [2.24, 2.45) is 0 Å². The second-order valence-electron chi connectivity index (χ2n) is 10.7. The zero-order valence-corrected chi connectivity index (χ0v) is 29.2. The topological polar surface area (TPSA) is 72.0 Å². The second kappa shape index (κ2) is 17.3. The largest absolute Gasteiger partial charge is 0.672 e. The molecular formula is C40H35ClN2O2RuS.